The molecule has 2 aromatic rings. The molecule has 0 amide bonds. The van der Waals surface area contributed by atoms with E-state index >= 15 is 0 Å². The molecule has 3 nitrogen and oxygen atoms in total. The first-order valence-electron chi connectivity index (χ1n) is 5.52. The molecule has 0 aliphatic rings. The lowest BCUT2D eigenvalue weighted by Crippen LogP contribution is -2.05. The number of imidazole rings is 1. The van der Waals surface area contributed by atoms with Crippen molar-refractivity contribution in [2.45, 2.75) is 12.8 Å². The summed E-state index contributed by atoms with van der Waals surface area (Å²) in [6.07, 6.45) is 4.74. The van der Waals surface area contributed by atoms with Gasteiger partial charge in [-0.2, -0.15) is 0 Å². The Morgan fingerprint density at radius 3 is 2.83 bits per heavy atom. The zero-order valence-corrected chi connectivity index (χ0v) is 13.0. The van der Waals surface area contributed by atoms with Crippen molar-refractivity contribution in [3.05, 3.63) is 50.9 Å². The van der Waals surface area contributed by atoms with E-state index in [1.807, 2.05) is 36.0 Å². The lowest BCUT2D eigenvalue weighted by atomic mass is 10.1. The Bertz CT molecular complexity index is 578. The Labute approximate surface area is 122 Å². The summed E-state index contributed by atoms with van der Waals surface area (Å²) >= 11 is 6.78. The molecular formula is C13H12Br2N2O. The van der Waals surface area contributed by atoms with Crippen LogP contribution in [0.25, 0.3) is 0 Å². The number of halogens is 2. The van der Waals surface area contributed by atoms with Crippen LogP contribution in [0.1, 0.15) is 22.6 Å². The second-order valence-electron chi connectivity index (χ2n) is 4.00. The van der Waals surface area contributed by atoms with Crippen LogP contribution >= 0.6 is 31.9 Å². The van der Waals surface area contributed by atoms with Crippen LogP contribution in [0.2, 0.25) is 0 Å². The van der Waals surface area contributed by atoms with Crippen LogP contribution in [0.3, 0.4) is 0 Å². The molecular weight excluding hydrogens is 360 g/mol. The Balaban J connectivity index is 2.08. The van der Waals surface area contributed by atoms with E-state index in [1.54, 1.807) is 6.20 Å². The highest BCUT2D eigenvalue weighted by Crippen LogP contribution is 2.23. The molecule has 5 heteroatoms. The molecule has 0 unspecified atom stereocenters. The summed E-state index contributed by atoms with van der Waals surface area (Å²) in [6, 6.07) is 5.61. The molecule has 2 rings (SSSR count). The molecule has 0 saturated carbocycles. The average molecular weight is 372 g/mol. The number of Topliss-reactive ketones (excluding diaryl/α,β-unsaturated/α-hetero) is 1. The van der Waals surface area contributed by atoms with Gasteiger partial charge in [0.15, 0.2) is 5.78 Å². The van der Waals surface area contributed by atoms with Crippen LogP contribution < -0.4 is 0 Å². The fraction of sp³-hybridized carbons (Fsp3) is 0.231. The summed E-state index contributed by atoms with van der Waals surface area (Å²) < 4.78 is 3.67. The van der Waals surface area contributed by atoms with Crippen molar-refractivity contribution >= 4 is 37.6 Å². The van der Waals surface area contributed by atoms with E-state index in [4.69, 9.17) is 0 Å². The third-order valence-electron chi connectivity index (χ3n) is 2.73. The molecule has 0 bridgehead atoms. The lowest BCUT2D eigenvalue weighted by Gasteiger charge is -2.05. The number of aromatic nitrogens is 2. The molecule has 0 spiro atoms. The van der Waals surface area contributed by atoms with Gasteiger partial charge in [0.25, 0.3) is 0 Å². The molecule has 0 N–H and O–H groups in total. The van der Waals surface area contributed by atoms with E-state index in [9.17, 15) is 4.79 Å². The smallest absolute Gasteiger partial charge is 0.164 e. The molecule has 94 valence electrons. The fourth-order valence-corrected chi connectivity index (χ4v) is 2.54. The van der Waals surface area contributed by atoms with Gasteiger partial charge in [-0.15, -0.1) is 0 Å². The third kappa shape index (κ3) is 3.09. The second kappa shape index (κ2) is 5.80. The molecule has 0 radical (unpaired) electrons. The van der Waals surface area contributed by atoms with Gasteiger partial charge in [0.2, 0.25) is 0 Å². The number of hydrogen-bond donors (Lipinski definition) is 0. The lowest BCUT2D eigenvalue weighted by molar-refractivity contribution is 0.0981. The van der Waals surface area contributed by atoms with Crippen LogP contribution in [-0.2, 0) is 13.5 Å². The highest BCUT2D eigenvalue weighted by molar-refractivity contribution is 9.11. The second-order valence-corrected chi connectivity index (χ2v) is 5.77. The van der Waals surface area contributed by atoms with Crippen molar-refractivity contribution in [3.63, 3.8) is 0 Å². The summed E-state index contributed by atoms with van der Waals surface area (Å²) in [5.41, 5.74) is 0.707. The zero-order chi connectivity index (χ0) is 13.1. The molecule has 0 atom stereocenters. The van der Waals surface area contributed by atoms with Crippen molar-refractivity contribution in [3.8, 4) is 0 Å². The number of rotatable bonds is 4. The normalized spacial score (nSPS) is 10.6. The van der Waals surface area contributed by atoms with Gasteiger partial charge < -0.3 is 4.57 Å². The van der Waals surface area contributed by atoms with Gasteiger partial charge in [0.1, 0.15) is 5.82 Å². The first-order valence-corrected chi connectivity index (χ1v) is 7.11. The van der Waals surface area contributed by atoms with E-state index in [0.717, 1.165) is 14.8 Å². The molecule has 0 aliphatic heterocycles. The molecule has 1 heterocycles. The quantitative estimate of drug-likeness (QED) is 0.767. The van der Waals surface area contributed by atoms with Crippen LogP contribution in [-0.4, -0.2) is 15.3 Å². The maximum atomic E-state index is 12.1. The minimum Gasteiger partial charge on any atom is -0.338 e. The van der Waals surface area contributed by atoms with Crippen LogP contribution in [0.4, 0.5) is 0 Å². The highest BCUT2D eigenvalue weighted by Gasteiger charge is 2.11. The zero-order valence-electron chi connectivity index (χ0n) is 9.86. The third-order valence-corrected chi connectivity index (χ3v) is 3.91. The van der Waals surface area contributed by atoms with Gasteiger partial charge >= 0.3 is 0 Å². The predicted molar refractivity (Wildman–Crippen MR) is 77.7 cm³/mol. The van der Waals surface area contributed by atoms with Crippen molar-refractivity contribution < 1.29 is 4.79 Å². The number of hydrogen-bond acceptors (Lipinski definition) is 2. The Morgan fingerprint density at radius 1 is 1.39 bits per heavy atom. The molecule has 0 fully saturated rings. The van der Waals surface area contributed by atoms with Crippen molar-refractivity contribution in [1.29, 1.82) is 0 Å². The van der Waals surface area contributed by atoms with E-state index in [0.29, 0.717) is 18.4 Å². The van der Waals surface area contributed by atoms with E-state index in [1.165, 1.54) is 0 Å². The number of benzene rings is 1. The molecule has 18 heavy (non-hydrogen) atoms. The molecule has 0 aliphatic carbocycles. The summed E-state index contributed by atoms with van der Waals surface area (Å²) in [5, 5.41) is 0. The maximum absolute atomic E-state index is 12.1. The van der Waals surface area contributed by atoms with Gasteiger partial charge in [-0.3, -0.25) is 4.79 Å². The number of aryl methyl sites for hydroxylation is 2. The summed E-state index contributed by atoms with van der Waals surface area (Å²) in [5.74, 6) is 1.04. The minimum atomic E-state index is 0.117. The largest absolute Gasteiger partial charge is 0.338 e. The monoisotopic (exact) mass is 370 g/mol. The maximum Gasteiger partial charge on any atom is 0.164 e. The van der Waals surface area contributed by atoms with Gasteiger partial charge in [-0.05, 0) is 18.2 Å². The van der Waals surface area contributed by atoms with Crippen molar-refractivity contribution in [2.24, 2.45) is 7.05 Å². The van der Waals surface area contributed by atoms with E-state index in [2.05, 4.69) is 36.8 Å². The van der Waals surface area contributed by atoms with Crippen LogP contribution in [0.15, 0.2) is 39.5 Å². The average Bonchev–Trinajstić information content (AvgIpc) is 2.75. The Morgan fingerprint density at radius 2 is 2.17 bits per heavy atom. The van der Waals surface area contributed by atoms with E-state index < -0.39 is 0 Å². The number of nitrogens with zero attached hydrogens (tertiary/aromatic N) is 2. The summed E-state index contributed by atoms with van der Waals surface area (Å²) in [6.45, 7) is 0. The van der Waals surface area contributed by atoms with Crippen LogP contribution in [0, 0.1) is 0 Å². The van der Waals surface area contributed by atoms with Crippen molar-refractivity contribution in [2.75, 3.05) is 0 Å². The predicted octanol–water partition coefficient (Wildman–Crippen LogP) is 3.76. The highest BCUT2D eigenvalue weighted by atomic mass is 79.9. The Kier molecular flexibility index (Phi) is 4.35. The summed E-state index contributed by atoms with van der Waals surface area (Å²) in [4.78, 5) is 16.3. The van der Waals surface area contributed by atoms with Crippen LogP contribution in [0.5, 0.6) is 0 Å². The first-order chi connectivity index (χ1) is 8.58. The Hall–Kier alpha value is -0.940. The topological polar surface area (TPSA) is 34.9 Å². The summed E-state index contributed by atoms with van der Waals surface area (Å²) in [7, 11) is 1.93. The minimum absolute atomic E-state index is 0.117. The number of ketones is 1. The van der Waals surface area contributed by atoms with Gasteiger partial charge in [0, 0.05) is 46.8 Å². The first kappa shape index (κ1) is 13.5. The fourth-order valence-electron chi connectivity index (χ4n) is 1.71. The molecule has 0 saturated heterocycles. The number of carbonyl (C=O) groups excluding carboxylic acids is 1. The molecule has 1 aromatic heterocycles. The van der Waals surface area contributed by atoms with Gasteiger partial charge in [0.05, 0.1) is 0 Å². The van der Waals surface area contributed by atoms with Crippen molar-refractivity contribution in [1.82, 2.24) is 9.55 Å². The van der Waals surface area contributed by atoms with E-state index in [-0.39, 0.29) is 5.78 Å². The van der Waals surface area contributed by atoms with Gasteiger partial charge in [-0.25, -0.2) is 4.98 Å². The molecule has 1 aromatic carbocycles. The number of carbonyl (C=O) groups is 1. The van der Waals surface area contributed by atoms with Gasteiger partial charge in [-0.1, -0.05) is 31.9 Å². The standard InChI is InChI=1S/C13H12Br2N2O/c1-17-7-6-16-13(17)5-4-12(18)10-8-9(14)2-3-11(10)15/h2-3,6-8H,4-5H2,1H3. The SMILES string of the molecule is Cn1ccnc1CCC(=O)c1cc(Br)ccc1Br.